The van der Waals surface area contributed by atoms with Gasteiger partial charge in [-0.1, -0.05) is 0 Å². The summed E-state index contributed by atoms with van der Waals surface area (Å²) in [6.45, 7) is 0.893. The van der Waals surface area contributed by atoms with Gasteiger partial charge in [0.25, 0.3) is 0 Å². The van der Waals surface area contributed by atoms with Crippen LogP contribution in [-0.4, -0.2) is 165 Å². The molecule has 0 aliphatic heterocycles. The maximum Gasteiger partial charge on any atom is 0.326 e. The molecule has 19 nitrogen and oxygen atoms in total. The molecule has 0 fully saturated rings. The predicted octanol–water partition coefficient (Wildman–Crippen LogP) is -1.17. The van der Waals surface area contributed by atoms with Gasteiger partial charge in [-0.15, -0.1) is 23.2 Å². The fourth-order valence-electron chi connectivity index (χ4n) is 4.39. The third-order valence-electron chi connectivity index (χ3n) is 7.06. The number of halogens is 2. The van der Waals surface area contributed by atoms with Crippen molar-refractivity contribution >= 4 is 70.3 Å². The summed E-state index contributed by atoms with van der Waals surface area (Å²) in [4.78, 5) is 96.9. The van der Waals surface area contributed by atoms with Crippen LogP contribution in [0, 0.1) is 0 Å². The second-order valence-electron chi connectivity index (χ2n) is 11.4. The molecule has 0 aliphatic rings. The second-order valence-corrected chi connectivity index (χ2v) is 11.9. The monoisotopic (exact) mass is 801 g/mol. The molecule has 0 aromatic carbocycles. The van der Waals surface area contributed by atoms with Crippen LogP contribution < -0.4 is 21.7 Å². The van der Waals surface area contributed by atoms with Crippen LogP contribution in [0.2, 0.25) is 0 Å². The molecule has 0 spiro atoms. The van der Waals surface area contributed by atoms with Crippen LogP contribution in [0.3, 0.4) is 0 Å². The number of rotatable bonds is 35. The van der Waals surface area contributed by atoms with Gasteiger partial charge in [0.15, 0.2) is 5.78 Å². The second kappa shape index (κ2) is 32.0. The quantitative estimate of drug-likeness (QED) is 0.0326. The van der Waals surface area contributed by atoms with E-state index in [-0.39, 0.29) is 128 Å². The lowest BCUT2D eigenvalue weighted by atomic mass is 10.0. The first-order chi connectivity index (χ1) is 25.3. The summed E-state index contributed by atoms with van der Waals surface area (Å²) in [5.41, 5.74) is 5.28. The molecule has 0 bridgehead atoms. The molecule has 53 heavy (non-hydrogen) atoms. The largest absolute Gasteiger partial charge is 0.481 e. The third kappa shape index (κ3) is 27.8. The molecule has 0 radical (unpaired) electrons. The van der Waals surface area contributed by atoms with Crippen molar-refractivity contribution in [3.63, 3.8) is 0 Å². The Kier molecular flexibility index (Phi) is 29.9. The summed E-state index contributed by atoms with van der Waals surface area (Å²) in [7, 11) is 0. The van der Waals surface area contributed by atoms with E-state index in [1.54, 1.807) is 0 Å². The Bertz CT molecular complexity index is 1150. The fraction of sp³-hybridized carbons (Fsp3) is 0.750. The lowest BCUT2D eigenvalue weighted by Crippen LogP contribution is -2.43. The van der Waals surface area contributed by atoms with Crippen LogP contribution in [0.1, 0.15) is 51.4 Å². The average molecular weight is 803 g/mol. The summed E-state index contributed by atoms with van der Waals surface area (Å²) in [6, 6.07) is -2.38. The Balaban J connectivity index is 4.40. The van der Waals surface area contributed by atoms with Gasteiger partial charge < -0.3 is 55.7 Å². The molecule has 0 saturated carbocycles. The maximum absolute atomic E-state index is 12.9. The van der Waals surface area contributed by atoms with E-state index in [2.05, 4.69) is 16.0 Å². The highest BCUT2D eigenvalue weighted by molar-refractivity contribution is 6.27. The number of ether oxygens (including phenoxy) is 4. The van der Waals surface area contributed by atoms with Crippen LogP contribution in [0.25, 0.3) is 0 Å². The standard InChI is InChI=1S/C32H53Cl2N5O14/c33-19-23(40)3-1-11-39(30(45)20-34)12-2-4-26(41)24(6-8-31(46)47)37-28(43)21-53-18-16-51-14-10-36-27(42)7-5-25(32(48)49)38-29(44)22-52-17-15-50-13-9-35/h24-25H,1-22,35H2,(H,36,42)(H,37,43)(H,38,44)(H,46,47)(H,48,49)/t24-,25-/m0/s1. The van der Waals surface area contributed by atoms with Gasteiger partial charge in [0.05, 0.1) is 51.6 Å². The maximum atomic E-state index is 12.9. The fourth-order valence-corrected chi connectivity index (χ4v) is 4.69. The minimum Gasteiger partial charge on any atom is -0.481 e. The van der Waals surface area contributed by atoms with Gasteiger partial charge in [-0.3, -0.25) is 33.6 Å². The summed E-state index contributed by atoms with van der Waals surface area (Å²) in [5, 5.41) is 25.7. The minimum absolute atomic E-state index is 0.0134. The molecular formula is C32H53Cl2N5O14. The summed E-state index contributed by atoms with van der Waals surface area (Å²) >= 11 is 11.2. The average Bonchev–Trinajstić information content (AvgIpc) is 3.12. The number of nitrogens with two attached hydrogens (primary N) is 1. The Morgan fingerprint density at radius 2 is 1.19 bits per heavy atom. The van der Waals surface area contributed by atoms with Gasteiger partial charge in [-0.05, 0) is 25.7 Å². The van der Waals surface area contributed by atoms with Gasteiger partial charge >= 0.3 is 11.9 Å². The number of alkyl halides is 2. The topological polar surface area (TPSA) is 279 Å². The Labute approximate surface area is 318 Å². The van der Waals surface area contributed by atoms with Crippen molar-refractivity contribution in [2.75, 3.05) is 90.8 Å². The SMILES string of the molecule is NCCOCCOCC(=O)N[C@@H](CCC(=O)NCCOCCOCC(=O)N[C@@H](CCC(=O)O)C(=O)CCCN(CCCC(=O)CCl)C(=O)CCl)C(=O)O. The first-order valence-electron chi connectivity index (χ1n) is 17.1. The third-order valence-corrected chi connectivity index (χ3v) is 7.58. The lowest BCUT2D eigenvalue weighted by molar-refractivity contribution is -0.143. The van der Waals surface area contributed by atoms with Crippen molar-refractivity contribution in [2.45, 2.75) is 63.5 Å². The van der Waals surface area contributed by atoms with Crippen molar-refractivity contribution in [1.82, 2.24) is 20.9 Å². The van der Waals surface area contributed by atoms with Crippen molar-refractivity contribution in [1.29, 1.82) is 0 Å². The van der Waals surface area contributed by atoms with Crippen LogP contribution in [0.4, 0.5) is 0 Å². The number of nitrogens with zero attached hydrogens (tertiary/aromatic N) is 1. The van der Waals surface area contributed by atoms with Gasteiger partial charge in [-0.25, -0.2) is 4.79 Å². The first-order valence-corrected chi connectivity index (χ1v) is 18.2. The number of Topliss-reactive ketones (excluding diaryl/α,β-unsaturated/α-hetero) is 2. The van der Waals surface area contributed by atoms with Crippen LogP contribution in [0.15, 0.2) is 0 Å². The van der Waals surface area contributed by atoms with Crippen LogP contribution in [0.5, 0.6) is 0 Å². The Hall–Kier alpha value is -3.46. The van der Waals surface area contributed by atoms with E-state index in [9.17, 15) is 43.5 Å². The molecular weight excluding hydrogens is 749 g/mol. The zero-order valence-electron chi connectivity index (χ0n) is 29.8. The molecule has 0 aromatic rings. The molecule has 0 saturated heterocycles. The number of aliphatic carboxylic acids is 2. The zero-order valence-corrected chi connectivity index (χ0v) is 31.3. The number of carboxylic acid groups (broad SMARTS) is 2. The smallest absolute Gasteiger partial charge is 0.326 e. The highest BCUT2D eigenvalue weighted by Gasteiger charge is 2.23. The highest BCUT2D eigenvalue weighted by atomic mass is 35.5. The van der Waals surface area contributed by atoms with Crippen molar-refractivity contribution in [3.8, 4) is 0 Å². The molecule has 0 aliphatic carbocycles. The molecule has 7 N–H and O–H groups in total. The van der Waals surface area contributed by atoms with E-state index < -0.39 is 54.1 Å². The number of hydrogen-bond donors (Lipinski definition) is 6. The van der Waals surface area contributed by atoms with Gasteiger partial charge in [0.1, 0.15) is 30.9 Å². The van der Waals surface area contributed by atoms with E-state index >= 15 is 0 Å². The molecule has 0 rings (SSSR count). The molecule has 0 heterocycles. The van der Waals surface area contributed by atoms with Gasteiger partial charge in [0.2, 0.25) is 23.6 Å². The zero-order chi connectivity index (χ0) is 39.9. The molecule has 304 valence electrons. The van der Waals surface area contributed by atoms with E-state index in [1.165, 1.54) is 4.90 Å². The van der Waals surface area contributed by atoms with Gasteiger partial charge in [-0.2, -0.15) is 0 Å². The summed E-state index contributed by atoms with van der Waals surface area (Å²) in [6.07, 6.45) is -0.0980. The van der Waals surface area contributed by atoms with E-state index in [4.69, 9.17) is 53.0 Å². The number of nitrogens with one attached hydrogen (secondary N) is 3. The van der Waals surface area contributed by atoms with Crippen molar-refractivity contribution in [3.05, 3.63) is 0 Å². The number of amides is 4. The molecule has 2 atom stereocenters. The number of carbonyl (C=O) groups excluding carboxylic acids is 6. The molecule has 0 unspecified atom stereocenters. The van der Waals surface area contributed by atoms with E-state index in [0.717, 1.165) is 0 Å². The number of hydrogen-bond acceptors (Lipinski definition) is 13. The van der Waals surface area contributed by atoms with Crippen molar-refractivity contribution in [2.24, 2.45) is 5.73 Å². The predicted molar refractivity (Wildman–Crippen MR) is 189 cm³/mol. The first kappa shape index (κ1) is 49.5. The Morgan fingerprint density at radius 1 is 0.642 bits per heavy atom. The van der Waals surface area contributed by atoms with Crippen LogP contribution >= 0.6 is 23.2 Å². The molecule has 0 aromatic heterocycles. The minimum atomic E-state index is -1.30. The van der Waals surface area contributed by atoms with Gasteiger partial charge in [0, 0.05) is 51.9 Å². The summed E-state index contributed by atoms with van der Waals surface area (Å²) < 4.78 is 20.8. The number of carbonyl (C=O) groups is 8. The molecule has 21 heteroatoms. The summed E-state index contributed by atoms with van der Waals surface area (Å²) in [5.74, 6) is -5.57. The normalized spacial score (nSPS) is 12.0. The van der Waals surface area contributed by atoms with Crippen LogP contribution in [-0.2, 0) is 57.3 Å². The lowest BCUT2D eigenvalue weighted by Gasteiger charge is -2.22. The number of ketones is 2. The highest BCUT2D eigenvalue weighted by Crippen LogP contribution is 2.08. The van der Waals surface area contributed by atoms with E-state index in [1.807, 2.05) is 0 Å². The number of carboxylic acids is 2. The molecule has 4 amide bonds. The Morgan fingerprint density at radius 3 is 1.74 bits per heavy atom. The van der Waals surface area contributed by atoms with E-state index in [0.29, 0.717) is 19.6 Å². The van der Waals surface area contributed by atoms with Crippen molar-refractivity contribution < 1.29 is 67.5 Å².